The van der Waals surface area contributed by atoms with Gasteiger partial charge in [0.05, 0.1) is 38.9 Å². The van der Waals surface area contributed by atoms with Gasteiger partial charge in [-0.25, -0.2) is 24.9 Å². The number of fused-ring (bicyclic) bond motifs is 7. The molecule has 0 atom stereocenters. The number of halogens is 7. The quantitative estimate of drug-likeness (QED) is 0.0796. The third-order valence-electron chi connectivity index (χ3n) is 20.1. The maximum atomic E-state index is 13.5. The zero-order valence-electron chi connectivity index (χ0n) is 71.9. The molecule has 0 fully saturated rings. The molecule has 0 amide bonds. The van der Waals surface area contributed by atoms with Crippen molar-refractivity contribution in [2.75, 3.05) is 0 Å². The molecule has 8 aromatic heterocycles. The van der Waals surface area contributed by atoms with E-state index in [-0.39, 0.29) is 112 Å². The Hall–Kier alpha value is -14.3. The van der Waals surface area contributed by atoms with Gasteiger partial charge in [0.25, 0.3) is 6.08 Å². The minimum absolute atomic E-state index is 0. The first-order valence-corrected chi connectivity index (χ1v) is 41.4. The van der Waals surface area contributed by atoms with Gasteiger partial charge >= 0.3 is 12.4 Å². The third kappa shape index (κ3) is 27.7. The van der Waals surface area contributed by atoms with Gasteiger partial charge in [-0.05, 0) is 125 Å². The van der Waals surface area contributed by atoms with Crippen molar-refractivity contribution < 1.29 is 131 Å². The van der Waals surface area contributed by atoms with Crippen LogP contribution in [0, 0.1) is 54.6 Å². The number of rotatable bonds is 8. The van der Waals surface area contributed by atoms with Gasteiger partial charge in [-0.3, -0.25) is 34.9 Å². The standard InChI is InChI=1S/C15H7F4N2.C15H8F3N2.C15H10N.4C14H9N2.C11H8N.5Ir/c16-14-20-12-7-2-1-6-11(12)13(21-14)9-4-3-5-10(8-9)15(17,18)19;16-15(17,18)11-5-3-4-10(8-11)14-12-6-1-2-7-13(12)19-9-20-14;1-2-6-12(7-3-1)15-10-13-8-4-5-9-14(13)11-16-15;3*1-2-6-11(7-3-1)14-12-8-4-5-9-13(12)15-10-16-14;1-2-6-11(7-3-1)14-15-10-12-8-4-5-9-13(12)16-14;1-2-6-10(7-3-1)11-8-4-5-9-12-11;;;;;/h1-3,5-8H;1-3,5-9H;1-6,8-11H;4*1-6,8-10H;1-6,8-9H;;;;;/q8*-1;;;;;. The van der Waals surface area contributed by atoms with Crippen LogP contribution in [0.3, 0.4) is 0 Å². The second kappa shape index (κ2) is 51.6. The van der Waals surface area contributed by atoms with Gasteiger partial charge < -0.3 is 9.97 Å². The fourth-order valence-corrected chi connectivity index (χ4v) is 13.8. The summed E-state index contributed by atoms with van der Waals surface area (Å²) < 4.78 is 90.0. The van der Waals surface area contributed by atoms with Gasteiger partial charge in [-0.2, -0.15) is 30.7 Å². The molecule has 0 spiro atoms. The van der Waals surface area contributed by atoms with Crippen molar-refractivity contribution in [1.29, 1.82) is 0 Å². The van der Waals surface area contributed by atoms with E-state index >= 15 is 0 Å². The molecule has 0 aliphatic heterocycles. The first kappa shape index (κ1) is 104. The van der Waals surface area contributed by atoms with Crippen LogP contribution in [0.4, 0.5) is 30.7 Å². The maximum absolute atomic E-state index is 13.5. The van der Waals surface area contributed by atoms with Crippen molar-refractivity contribution in [2.24, 2.45) is 0 Å². The van der Waals surface area contributed by atoms with Crippen LogP contribution in [0.2, 0.25) is 0 Å². The van der Waals surface area contributed by atoms with Crippen molar-refractivity contribution in [2.45, 2.75) is 12.4 Å². The summed E-state index contributed by atoms with van der Waals surface area (Å²) in [6.45, 7) is 0. The summed E-state index contributed by atoms with van der Waals surface area (Å²) in [4.78, 5) is 58.7. The molecular weight excluding hydrogens is 2640 g/mol. The van der Waals surface area contributed by atoms with Crippen LogP contribution < -0.4 is 0 Å². The Bertz CT molecular complexity index is 7330. The predicted octanol–water partition coefficient (Wildman–Crippen LogP) is 27.0. The van der Waals surface area contributed by atoms with Crippen LogP contribution in [-0.2, 0) is 113 Å². The first-order valence-electron chi connectivity index (χ1n) is 41.4. The Labute approximate surface area is 857 Å². The molecule has 138 heavy (non-hydrogen) atoms. The van der Waals surface area contributed by atoms with E-state index in [2.05, 4.69) is 137 Å². The van der Waals surface area contributed by atoms with E-state index in [1.165, 1.54) is 23.2 Å². The maximum Gasteiger partial charge on any atom is 0.399 e. The van der Waals surface area contributed by atoms with Crippen LogP contribution in [0.25, 0.3) is 166 Å². The van der Waals surface area contributed by atoms with Crippen molar-refractivity contribution >= 4 is 76.2 Å². The smallest absolute Gasteiger partial charge is 0.305 e. The molecular formula is C112H69F7Ir5N14-8. The zero-order valence-corrected chi connectivity index (χ0v) is 83.9. The molecule has 0 saturated heterocycles. The molecule has 8 heterocycles. The summed E-state index contributed by atoms with van der Waals surface area (Å²) in [7, 11) is 0. The fourth-order valence-electron chi connectivity index (χ4n) is 13.8. The van der Waals surface area contributed by atoms with Gasteiger partial charge in [0.1, 0.15) is 25.3 Å². The number of hydrogen-bond acceptors (Lipinski definition) is 14. The normalized spacial score (nSPS) is 10.4. The average Bonchev–Trinajstić information content (AvgIpc) is 0.775. The largest absolute Gasteiger partial charge is 0.399 e. The summed E-state index contributed by atoms with van der Waals surface area (Å²) in [5.74, 6) is 0.722. The van der Waals surface area contributed by atoms with Crippen LogP contribution in [0.1, 0.15) is 11.1 Å². The Kier molecular flexibility index (Phi) is 38.9. The number of pyridine rings is 2. The van der Waals surface area contributed by atoms with Gasteiger partial charge in [0.15, 0.2) is 0 Å². The summed E-state index contributed by atoms with van der Waals surface area (Å²) >= 11 is 0. The van der Waals surface area contributed by atoms with Gasteiger partial charge in [0.2, 0.25) is 0 Å². The molecule has 0 N–H and O–H groups in total. The van der Waals surface area contributed by atoms with Crippen molar-refractivity contribution in [1.82, 2.24) is 69.8 Å². The van der Waals surface area contributed by atoms with Crippen LogP contribution in [0.5, 0.6) is 0 Å². The van der Waals surface area contributed by atoms with E-state index in [1.807, 2.05) is 291 Å². The number of alkyl halides is 6. The summed E-state index contributed by atoms with van der Waals surface area (Å²) in [5.41, 5.74) is 15.0. The minimum atomic E-state index is -4.48. The van der Waals surface area contributed by atoms with Crippen molar-refractivity contribution in [3.63, 3.8) is 0 Å². The monoisotopic (exact) mass is 2710 g/mol. The Morgan fingerprint density at radius 2 is 0.529 bits per heavy atom. The number of aromatic nitrogens is 14. The van der Waals surface area contributed by atoms with E-state index in [0.717, 1.165) is 142 Å². The van der Waals surface area contributed by atoms with Crippen LogP contribution in [-0.4, -0.2) is 69.8 Å². The number of para-hydroxylation sites is 6. The Balaban J connectivity index is 0.000000151. The number of benzene rings is 15. The average molecular weight is 2700 g/mol. The summed E-state index contributed by atoms with van der Waals surface area (Å²) in [5, 5.41) is 7.79. The molecule has 0 unspecified atom stereocenters. The van der Waals surface area contributed by atoms with E-state index in [1.54, 1.807) is 67.6 Å². The van der Waals surface area contributed by atoms with Crippen molar-refractivity contribution in [3.8, 4) is 90.2 Å². The molecule has 23 aromatic rings. The molecule has 0 aliphatic rings. The van der Waals surface area contributed by atoms with E-state index in [9.17, 15) is 30.7 Å². The summed E-state index contributed by atoms with van der Waals surface area (Å²) in [6, 6.07) is 140. The molecule has 0 bridgehead atoms. The second-order valence-corrected chi connectivity index (χ2v) is 28.8. The molecule has 15 aromatic carbocycles. The van der Waals surface area contributed by atoms with E-state index in [0.29, 0.717) is 33.1 Å². The SMILES string of the molecule is FC(F)(F)c1cc[c-]c(-c2ncnc3ccccc23)c1.Fc1nc(-c2[c-]ccc(C(F)(F)F)c2)c2ccccc2n1.[Ir].[Ir].[Ir].[Ir].[Ir].[c-]1ccccc1-c1cc2ccccc2cn1.[c-]1ccccc1-c1ccccn1.[c-]1ccccc1-c1ncc2ccccc2n1.[c-]1ccccc1-c1ncnc2ccccc12.[c-]1ccccc1-c1ncnc2ccccc12.[c-]1ccccc1-c1ncnc2ccccc12. The Morgan fingerprint density at radius 3 is 0.928 bits per heavy atom. The number of hydrogen-bond donors (Lipinski definition) is 0. The minimum Gasteiger partial charge on any atom is -0.305 e. The molecule has 14 nitrogen and oxygen atoms in total. The first-order chi connectivity index (χ1) is 65.2. The van der Waals surface area contributed by atoms with Gasteiger partial charge in [-0.1, -0.05) is 152 Å². The molecule has 0 saturated carbocycles. The Morgan fingerprint density at radius 1 is 0.210 bits per heavy atom. The van der Waals surface area contributed by atoms with E-state index < -0.39 is 29.6 Å². The number of nitrogens with zero attached hydrogens (tertiary/aromatic N) is 14. The molecule has 0 aliphatic carbocycles. The molecule has 26 heteroatoms. The van der Waals surface area contributed by atoms with Crippen LogP contribution in [0.15, 0.2) is 420 Å². The predicted molar refractivity (Wildman–Crippen MR) is 507 cm³/mol. The second-order valence-electron chi connectivity index (χ2n) is 28.8. The van der Waals surface area contributed by atoms with Crippen molar-refractivity contribution in [3.05, 3.63) is 486 Å². The summed E-state index contributed by atoms with van der Waals surface area (Å²) in [6.07, 6.45) is 1.81. The van der Waals surface area contributed by atoms with E-state index in [4.69, 9.17) is 0 Å². The van der Waals surface area contributed by atoms with Gasteiger partial charge in [0, 0.05) is 130 Å². The molecule has 689 valence electrons. The topological polar surface area (TPSA) is 180 Å². The molecule has 5 radical (unpaired) electrons. The molecule has 23 rings (SSSR count). The van der Waals surface area contributed by atoms with Crippen LogP contribution >= 0.6 is 0 Å². The fraction of sp³-hybridized carbons (Fsp3) is 0.0179. The van der Waals surface area contributed by atoms with Gasteiger partial charge in [-0.15, -0.1) is 275 Å². The third-order valence-corrected chi connectivity index (χ3v) is 20.1. The zero-order chi connectivity index (χ0) is 91.4.